The van der Waals surface area contributed by atoms with E-state index in [-0.39, 0.29) is 11.7 Å². The van der Waals surface area contributed by atoms with Crippen LogP contribution in [0.25, 0.3) is 0 Å². The summed E-state index contributed by atoms with van der Waals surface area (Å²) < 4.78 is 11.5. The molecule has 1 aliphatic heterocycles. The Morgan fingerprint density at radius 2 is 2.16 bits per heavy atom. The third-order valence-corrected chi connectivity index (χ3v) is 3.86. The summed E-state index contributed by atoms with van der Waals surface area (Å²) in [5.74, 6) is 0.678. The molecule has 1 aliphatic rings. The lowest BCUT2D eigenvalue weighted by atomic mass is 10.1. The van der Waals surface area contributed by atoms with Crippen molar-refractivity contribution in [3.8, 4) is 11.5 Å². The number of hydrazone groups is 1. The van der Waals surface area contributed by atoms with Crippen molar-refractivity contribution in [3.05, 3.63) is 53.1 Å². The molecule has 2 aromatic rings. The van der Waals surface area contributed by atoms with E-state index < -0.39 is 5.97 Å². The van der Waals surface area contributed by atoms with Gasteiger partial charge in [-0.1, -0.05) is 0 Å². The maximum atomic E-state index is 10.9. The SMILES string of the molecule is CCOc1cc2c(cc1/C=N\Nc1ccc(C(=O)O)cc1)O[C@@H](C)C2. The molecule has 25 heavy (non-hydrogen) atoms. The Bertz CT molecular complexity index is 800. The Labute approximate surface area is 146 Å². The monoisotopic (exact) mass is 340 g/mol. The summed E-state index contributed by atoms with van der Waals surface area (Å²) in [4.78, 5) is 10.9. The van der Waals surface area contributed by atoms with Gasteiger partial charge >= 0.3 is 5.97 Å². The highest BCUT2D eigenvalue weighted by Crippen LogP contribution is 2.34. The van der Waals surface area contributed by atoms with Gasteiger partial charge in [0.05, 0.1) is 24.1 Å². The number of ether oxygens (including phenoxy) is 2. The van der Waals surface area contributed by atoms with Crippen LogP contribution in [0.3, 0.4) is 0 Å². The zero-order valence-electron chi connectivity index (χ0n) is 14.2. The van der Waals surface area contributed by atoms with Crippen molar-refractivity contribution in [2.24, 2.45) is 5.10 Å². The van der Waals surface area contributed by atoms with Gasteiger partial charge in [-0.3, -0.25) is 5.43 Å². The van der Waals surface area contributed by atoms with Crippen LogP contribution in [0.15, 0.2) is 41.5 Å². The molecule has 2 N–H and O–H groups in total. The molecule has 0 saturated carbocycles. The molecule has 1 heterocycles. The van der Waals surface area contributed by atoms with Crippen molar-refractivity contribution in [2.75, 3.05) is 12.0 Å². The van der Waals surface area contributed by atoms with E-state index >= 15 is 0 Å². The molecular weight excluding hydrogens is 320 g/mol. The van der Waals surface area contributed by atoms with Crippen molar-refractivity contribution in [2.45, 2.75) is 26.4 Å². The average Bonchev–Trinajstić information content (AvgIpc) is 2.94. The van der Waals surface area contributed by atoms with E-state index in [1.165, 1.54) is 12.1 Å². The molecule has 0 aromatic heterocycles. The largest absolute Gasteiger partial charge is 0.493 e. The second-order valence-corrected chi connectivity index (χ2v) is 5.82. The van der Waals surface area contributed by atoms with Crippen LogP contribution in [0.1, 0.15) is 35.3 Å². The smallest absolute Gasteiger partial charge is 0.335 e. The number of hydrogen-bond acceptors (Lipinski definition) is 5. The number of fused-ring (bicyclic) bond motifs is 1. The van der Waals surface area contributed by atoms with Crippen molar-refractivity contribution in [3.63, 3.8) is 0 Å². The standard InChI is InChI=1S/C19H20N2O4/c1-3-24-17-9-14-8-12(2)25-18(14)10-15(17)11-20-21-16-6-4-13(5-7-16)19(22)23/h4-7,9-12,21H,3,8H2,1-2H3,(H,22,23)/b20-11-/t12-/m0/s1. The second kappa shape index (κ2) is 7.25. The van der Waals surface area contributed by atoms with Gasteiger partial charge < -0.3 is 14.6 Å². The number of benzene rings is 2. The number of nitrogens with zero attached hydrogens (tertiary/aromatic N) is 1. The van der Waals surface area contributed by atoms with Crippen LogP contribution in [0.5, 0.6) is 11.5 Å². The molecule has 6 nitrogen and oxygen atoms in total. The molecule has 0 radical (unpaired) electrons. The number of rotatable bonds is 6. The van der Waals surface area contributed by atoms with Crippen molar-refractivity contribution >= 4 is 17.9 Å². The third-order valence-electron chi connectivity index (χ3n) is 3.86. The quantitative estimate of drug-likeness (QED) is 0.621. The van der Waals surface area contributed by atoms with Gasteiger partial charge in [0.1, 0.15) is 17.6 Å². The fourth-order valence-electron chi connectivity index (χ4n) is 2.70. The van der Waals surface area contributed by atoms with Crippen LogP contribution in [-0.4, -0.2) is 30.0 Å². The predicted octanol–water partition coefficient (Wildman–Crippen LogP) is 3.55. The highest BCUT2D eigenvalue weighted by atomic mass is 16.5. The number of anilines is 1. The lowest BCUT2D eigenvalue weighted by molar-refractivity contribution is 0.0697. The number of carboxylic acid groups (broad SMARTS) is 1. The van der Waals surface area contributed by atoms with Gasteiger partial charge in [0, 0.05) is 17.5 Å². The molecule has 0 bridgehead atoms. The zero-order chi connectivity index (χ0) is 17.8. The van der Waals surface area contributed by atoms with E-state index in [4.69, 9.17) is 14.6 Å². The summed E-state index contributed by atoms with van der Waals surface area (Å²) >= 11 is 0. The van der Waals surface area contributed by atoms with Crippen LogP contribution in [0.4, 0.5) is 5.69 Å². The molecule has 2 aromatic carbocycles. The number of carboxylic acids is 1. The fourth-order valence-corrected chi connectivity index (χ4v) is 2.70. The average molecular weight is 340 g/mol. The first-order valence-electron chi connectivity index (χ1n) is 8.15. The summed E-state index contributed by atoms with van der Waals surface area (Å²) in [6, 6.07) is 10.3. The lowest BCUT2D eigenvalue weighted by Gasteiger charge is -2.09. The highest BCUT2D eigenvalue weighted by molar-refractivity contribution is 5.88. The predicted molar refractivity (Wildman–Crippen MR) is 96.0 cm³/mol. The van der Waals surface area contributed by atoms with Crippen molar-refractivity contribution in [1.82, 2.24) is 0 Å². The molecule has 0 unspecified atom stereocenters. The molecule has 0 spiro atoms. The van der Waals surface area contributed by atoms with Crippen LogP contribution < -0.4 is 14.9 Å². The molecular formula is C19H20N2O4. The molecule has 0 saturated heterocycles. The second-order valence-electron chi connectivity index (χ2n) is 5.82. The Kier molecular flexibility index (Phi) is 4.88. The Morgan fingerprint density at radius 3 is 2.84 bits per heavy atom. The van der Waals surface area contributed by atoms with Gasteiger partial charge in [-0.25, -0.2) is 4.79 Å². The summed E-state index contributed by atoms with van der Waals surface area (Å²) in [6.07, 6.45) is 2.71. The first kappa shape index (κ1) is 16.8. The van der Waals surface area contributed by atoms with Crippen LogP contribution in [0, 0.1) is 0 Å². The molecule has 1 atom stereocenters. The minimum atomic E-state index is -0.955. The minimum absolute atomic E-state index is 0.169. The van der Waals surface area contributed by atoms with E-state index in [1.54, 1.807) is 18.3 Å². The molecule has 3 rings (SSSR count). The van der Waals surface area contributed by atoms with Crippen molar-refractivity contribution < 1.29 is 19.4 Å². The topological polar surface area (TPSA) is 80.2 Å². The number of nitrogens with one attached hydrogen (secondary N) is 1. The van der Waals surface area contributed by atoms with Gasteiger partial charge in [0.2, 0.25) is 0 Å². The maximum absolute atomic E-state index is 10.9. The number of carbonyl (C=O) groups is 1. The van der Waals surface area contributed by atoms with Crippen molar-refractivity contribution in [1.29, 1.82) is 0 Å². The first-order chi connectivity index (χ1) is 12.1. The molecule has 0 aliphatic carbocycles. The summed E-state index contributed by atoms with van der Waals surface area (Å²) in [5.41, 5.74) is 5.79. The van der Waals surface area contributed by atoms with Gasteiger partial charge in [0.15, 0.2) is 0 Å². The molecule has 0 amide bonds. The zero-order valence-corrected chi connectivity index (χ0v) is 14.2. The van der Waals surface area contributed by atoms with E-state index in [2.05, 4.69) is 10.5 Å². The lowest BCUT2D eigenvalue weighted by Crippen LogP contribution is -2.05. The van der Waals surface area contributed by atoms with Crippen LogP contribution in [-0.2, 0) is 6.42 Å². The van der Waals surface area contributed by atoms with Gasteiger partial charge in [-0.05, 0) is 50.2 Å². The number of aromatic carboxylic acids is 1. The Morgan fingerprint density at radius 1 is 1.40 bits per heavy atom. The first-order valence-corrected chi connectivity index (χ1v) is 8.15. The summed E-state index contributed by atoms with van der Waals surface area (Å²) in [6.45, 7) is 4.55. The Hall–Kier alpha value is -3.02. The van der Waals surface area contributed by atoms with Crippen LogP contribution >= 0.6 is 0 Å². The highest BCUT2D eigenvalue weighted by Gasteiger charge is 2.21. The van der Waals surface area contributed by atoms with Crippen LogP contribution in [0.2, 0.25) is 0 Å². The summed E-state index contributed by atoms with van der Waals surface area (Å²) in [5, 5.41) is 13.1. The van der Waals surface area contributed by atoms with Gasteiger partial charge in [0.25, 0.3) is 0 Å². The fraction of sp³-hybridized carbons (Fsp3) is 0.263. The molecule has 130 valence electrons. The van der Waals surface area contributed by atoms with Gasteiger partial charge in [-0.2, -0.15) is 5.10 Å². The van der Waals surface area contributed by atoms with E-state index in [0.717, 1.165) is 29.0 Å². The summed E-state index contributed by atoms with van der Waals surface area (Å²) in [7, 11) is 0. The Balaban J connectivity index is 1.76. The third kappa shape index (κ3) is 3.91. The maximum Gasteiger partial charge on any atom is 0.335 e. The van der Waals surface area contributed by atoms with E-state index in [0.29, 0.717) is 12.3 Å². The molecule has 0 fully saturated rings. The van der Waals surface area contributed by atoms with Gasteiger partial charge in [-0.15, -0.1) is 0 Å². The minimum Gasteiger partial charge on any atom is -0.493 e. The van der Waals surface area contributed by atoms with E-state index in [9.17, 15) is 4.79 Å². The molecule has 6 heteroatoms. The normalized spacial score (nSPS) is 15.7. The van der Waals surface area contributed by atoms with E-state index in [1.807, 2.05) is 26.0 Å². The number of hydrogen-bond donors (Lipinski definition) is 2.